The molecule has 3 rings (SSSR count). The van der Waals surface area contributed by atoms with Crippen LogP contribution in [-0.4, -0.2) is 78.9 Å². The molecule has 1 unspecified atom stereocenters. The number of piperazine rings is 1. The van der Waals surface area contributed by atoms with Gasteiger partial charge >= 0.3 is 6.09 Å². The summed E-state index contributed by atoms with van der Waals surface area (Å²) in [5.41, 5.74) is 1.83. The summed E-state index contributed by atoms with van der Waals surface area (Å²) in [6.07, 6.45) is 0.958. The molecular formula is C23H32N4O5. The van der Waals surface area contributed by atoms with Gasteiger partial charge in [-0.1, -0.05) is 6.07 Å². The molecule has 1 fully saturated rings. The molecule has 2 aliphatic rings. The van der Waals surface area contributed by atoms with Gasteiger partial charge in [-0.05, 0) is 44.9 Å². The van der Waals surface area contributed by atoms with Crippen molar-refractivity contribution in [3.63, 3.8) is 0 Å². The fraction of sp³-hybridized carbons (Fsp3) is 0.565. The van der Waals surface area contributed by atoms with Gasteiger partial charge in [0.05, 0.1) is 0 Å². The molecule has 174 valence electrons. The standard InChI is InChI=1S/C23H32N4O5/c1-23(2,3)32-22(31)26-11-9-25(10-12-26)17-8-7-16-15-27(21(30)18(16)14-17)19(6-5-13-28)20(29)24-4/h7-8,13-14,19H,5-6,9-12,15H2,1-4H3,(H,24,29). The van der Waals surface area contributed by atoms with E-state index in [1.165, 1.54) is 11.9 Å². The number of carbonyl (C=O) groups is 4. The number of anilines is 1. The molecule has 2 heterocycles. The van der Waals surface area contributed by atoms with Gasteiger partial charge < -0.3 is 29.5 Å². The number of carbonyl (C=O) groups excluding carboxylic acids is 4. The molecule has 9 heteroatoms. The Morgan fingerprint density at radius 1 is 1.19 bits per heavy atom. The lowest BCUT2D eigenvalue weighted by Crippen LogP contribution is -2.50. The molecule has 0 spiro atoms. The van der Waals surface area contributed by atoms with Crippen molar-refractivity contribution in [2.45, 2.75) is 51.8 Å². The van der Waals surface area contributed by atoms with E-state index in [1.807, 2.05) is 39.0 Å². The normalized spacial score (nSPS) is 17.1. The molecule has 0 aromatic heterocycles. The molecule has 0 aliphatic carbocycles. The maximum Gasteiger partial charge on any atom is 0.410 e. The van der Waals surface area contributed by atoms with Crippen LogP contribution >= 0.6 is 0 Å². The fourth-order valence-electron chi connectivity index (χ4n) is 4.05. The zero-order valence-electron chi connectivity index (χ0n) is 19.2. The second-order valence-corrected chi connectivity index (χ2v) is 9.10. The minimum atomic E-state index is -0.675. The van der Waals surface area contributed by atoms with Gasteiger partial charge in [0, 0.05) is 57.4 Å². The molecule has 1 aromatic carbocycles. The monoisotopic (exact) mass is 444 g/mol. The van der Waals surface area contributed by atoms with Crippen LogP contribution < -0.4 is 10.2 Å². The number of likely N-dealkylation sites (N-methyl/N-ethyl adjacent to an activating group) is 1. The zero-order valence-corrected chi connectivity index (χ0v) is 19.2. The SMILES string of the molecule is CNC(=O)C(CCC=O)N1Cc2ccc(N3CCN(C(=O)OC(C)(C)C)CC3)cc2C1=O. The molecule has 32 heavy (non-hydrogen) atoms. The highest BCUT2D eigenvalue weighted by Crippen LogP contribution is 2.30. The van der Waals surface area contributed by atoms with Crippen LogP contribution in [0.3, 0.4) is 0 Å². The third kappa shape index (κ3) is 5.20. The summed E-state index contributed by atoms with van der Waals surface area (Å²) in [6, 6.07) is 5.08. The lowest BCUT2D eigenvalue weighted by atomic mass is 10.1. The Morgan fingerprint density at radius 3 is 2.47 bits per heavy atom. The van der Waals surface area contributed by atoms with Crippen LogP contribution in [0, 0.1) is 0 Å². The Balaban J connectivity index is 1.68. The predicted molar refractivity (Wildman–Crippen MR) is 119 cm³/mol. The summed E-state index contributed by atoms with van der Waals surface area (Å²) in [4.78, 5) is 53.9. The largest absolute Gasteiger partial charge is 0.444 e. The summed E-state index contributed by atoms with van der Waals surface area (Å²) < 4.78 is 5.45. The predicted octanol–water partition coefficient (Wildman–Crippen LogP) is 1.79. The smallest absolute Gasteiger partial charge is 0.410 e. The summed E-state index contributed by atoms with van der Waals surface area (Å²) >= 11 is 0. The lowest BCUT2D eigenvalue weighted by Gasteiger charge is -2.36. The number of nitrogens with one attached hydrogen (secondary N) is 1. The molecule has 2 aliphatic heterocycles. The maximum atomic E-state index is 13.1. The molecule has 0 saturated carbocycles. The Kier molecular flexibility index (Phi) is 7.06. The van der Waals surface area contributed by atoms with Crippen molar-refractivity contribution in [1.29, 1.82) is 0 Å². The van der Waals surface area contributed by atoms with Crippen molar-refractivity contribution in [3.8, 4) is 0 Å². The van der Waals surface area contributed by atoms with E-state index in [1.54, 1.807) is 4.90 Å². The van der Waals surface area contributed by atoms with E-state index < -0.39 is 11.6 Å². The van der Waals surface area contributed by atoms with Crippen LogP contribution in [0.5, 0.6) is 0 Å². The summed E-state index contributed by atoms with van der Waals surface area (Å²) in [7, 11) is 1.53. The second-order valence-electron chi connectivity index (χ2n) is 9.10. The van der Waals surface area contributed by atoms with Crippen molar-refractivity contribution in [3.05, 3.63) is 29.3 Å². The number of aldehydes is 1. The first-order valence-corrected chi connectivity index (χ1v) is 11.0. The number of fused-ring (bicyclic) bond motifs is 1. The van der Waals surface area contributed by atoms with Gasteiger partial charge in [-0.15, -0.1) is 0 Å². The fourth-order valence-corrected chi connectivity index (χ4v) is 4.05. The van der Waals surface area contributed by atoms with Crippen LogP contribution in [0.1, 0.15) is 49.5 Å². The average Bonchev–Trinajstić information content (AvgIpc) is 3.08. The summed E-state index contributed by atoms with van der Waals surface area (Å²) in [5, 5.41) is 2.59. The summed E-state index contributed by atoms with van der Waals surface area (Å²) in [5.74, 6) is -0.472. The number of hydrogen-bond acceptors (Lipinski definition) is 6. The number of amides is 3. The van der Waals surface area contributed by atoms with Crippen molar-refractivity contribution in [1.82, 2.24) is 15.1 Å². The first-order valence-electron chi connectivity index (χ1n) is 11.0. The van der Waals surface area contributed by atoms with Gasteiger partial charge in [-0.2, -0.15) is 0 Å². The van der Waals surface area contributed by atoms with Crippen LogP contribution in [0.2, 0.25) is 0 Å². The minimum Gasteiger partial charge on any atom is -0.444 e. The third-order valence-corrected chi connectivity index (χ3v) is 5.71. The van der Waals surface area contributed by atoms with Gasteiger partial charge in [0.2, 0.25) is 5.91 Å². The third-order valence-electron chi connectivity index (χ3n) is 5.71. The van der Waals surface area contributed by atoms with E-state index in [4.69, 9.17) is 4.74 Å². The first kappa shape index (κ1) is 23.6. The van der Waals surface area contributed by atoms with Crippen molar-refractivity contribution in [2.75, 3.05) is 38.1 Å². The van der Waals surface area contributed by atoms with E-state index in [9.17, 15) is 19.2 Å². The number of hydrogen-bond donors (Lipinski definition) is 1. The van der Waals surface area contributed by atoms with E-state index in [-0.39, 0.29) is 24.3 Å². The highest BCUT2D eigenvalue weighted by atomic mass is 16.6. The number of nitrogens with zero attached hydrogens (tertiary/aromatic N) is 3. The number of rotatable bonds is 6. The quantitative estimate of drug-likeness (QED) is 0.672. The number of benzene rings is 1. The van der Waals surface area contributed by atoms with Gasteiger partial charge in [0.25, 0.3) is 5.91 Å². The van der Waals surface area contributed by atoms with Gasteiger partial charge in [0.1, 0.15) is 17.9 Å². The molecule has 0 bridgehead atoms. The minimum absolute atomic E-state index is 0.200. The lowest BCUT2D eigenvalue weighted by molar-refractivity contribution is -0.125. The maximum absolute atomic E-state index is 13.1. The molecular weight excluding hydrogens is 412 g/mol. The van der Waals surface area contributed by atoms with Gasteiger partial charge in [-0.25, -0.2) is 4.79 Å². The molecule has 3 amide bonds. The molecule has 1 N–H and O–H groups in total. The average molecular weight is 445 g/mol. The Bertz CT molecular complexity index is 887. The molecule has 0 radical (unpaired) electrons. The van der Waals surface area contributed by atoms with Crippen LogP contribution in [0.15, 0.2) is 18.2 Å². The van der Waals surface area contributed by atoms with E-state index in [0.29, 0.717) is 44.7 Å². The molecule has 1 saturated heterocycles. The van der Waals surface area contributed by atoms with Crippen molar-refractivity contribution < 1.29 is 23.9 Å². The van der Waals surface area contributed by atoms with E-state index >= 15 is 0 Å². The highest BCUT2D eigenvalue weighted by Gasteiger charge is 2.36. The van der Waals surface area contributed by atoms with Gasteiger partial charge in [0.15, 0.2) is 0 Å². The first-order chi connectivity index (χ1) is 15.1. The Labute approximate surface area is 188 Å². The van der Waals surface area contributed by atoms with E-state index in [0.717, 1.165) is 17.5 Å². The molecule has 1 atom stereocenters. The second kappa shape index (κ2) is 9.58. The number of ether oxygens (including phenoxy) is 1. The van der Waals surface area contributed by atoms with E-state index in [2.05, 4.69) is 10.2 Å². The van der Waals surface area contributed by atoms with Crippen LogP contribution in [0.25, 0.3) is 0 Å². The van der Waals surface area contributed by atoms with Gasteiger partial charge in [-0.3, -0.25) is 9.59 Å². The Morgan fingerprint density at radius 2 is 1.88 bits per heavy atom. The van der Waals surface area contributed by atoms with Crippen LogP contribution in [-0.2, 0) is 20.9 Å². The van der Waals surface area contributed by atoms with Crippen molar-refractivity contribution in [2.24, 2.45) is 0 Å². The Hall–Kier alpha value is -3.10. The van der Waals surface area contributed by atoms with Crippen LogP contribution in [0.4, 0.5) is 10.5 Å². The topological polar surface area (TPSA) is 99.3 Å². The molecule has 1 aromatic rings. The summed E-state index contributed by atoms with van der Waals surface area (Å²) in [6.45, 7) is 8.23. The highest BCUT2D eigenvalue weighted by molar-refractivity contribution is 6.02. The van der Waals surface area contributed by atoms with Crippen molar-refractivity contribution >= 4 is 29.9 Å². The zero-order chi connectivity index (χ0) is 23.5. The molecule has 9 nitrogen and oxygen atoms in total.